The zero-order chi connectivity index (χ0) is 16.1. The highest BCUT2D eigenvalue weighted by molar-refractivity contribution is 5.15. The van der Waals surface area contributed by atoms with Crippen molar-refractivity contribution in [2.75, 3.05) is 0 Å². The summed E-state index contributed by atoms with van der Waals surface area (Å²) >= 11 is 0. The van der Waals surface area contributed by atoms with Gasteiger partial charge < -0.3 is 9.88 Å². The fraction of sp³-hybridized carbons (Fsp3) is 0.333. The Balaban J connectivity index is 1.55. The number of rotatable bonds is 7. The molecule has 2 heterocycles. The number of aromatic nitrogens is 4. The maximum atomic E-state index is 4.47. The number of benzene rings is 1. The predicted molar refractivity (Wildman–Crippen MR) is 91.0 cm³/mol. The third-order valence-electron chi connectivity index (χ3n) is 3.83. The van der Waals surface area contributed by atoms with Crippen LogP contribution in [0.1, 0.15) is 23.9 Å². The first-order chi connectivity index (χ1) is 11.2. The second-order valence-electron chi connectivity index (χ2n) is 5.98. The molecule has 3 aromatic rings. The summed E-state index contributed by atoms with van der Waals surface area (Å²) in [5.41, 5.74) is 2.47. The first kappa shape index (κ1) is 15.5. The molecule has 23 heavy (non-hydrogen) atoms. The molecule has 2 aromatic heterocycles. The molecule has 0 fully saturated rings. The standard InChI is InChI=1S/C18H23N5/c1-15-10-21-23(12-15)13-16(2)20-11-18-19-8-9-22(18)14-17-6-4-3-5-7-17/h3-10,12,16,20H,11,13-14H2,1-2H3/t16-/m1/s1. The minimum Gasteiger partial charge on any atom is -0.329 e. The van der Waals surface area contributed by atoms with Crippen molar-refractivity contribution in [3.05, 3.63) is 72.1 Å². The average molecular weight is 309 g/mol. The van der Waals surface area contributed by atoms with Gasteiger partial charge in [-0.2, -0.15) is 5.10 Å². The molecule has 0 aliphatic rings. The molecule has 0 amide bonds. The van der Waals surface area contributed by atoms with Gasteiger partial charge in [-0.1, -0.05) is 30.3 Å². The van der Waals surface area contributed by atoms with Crippen LogP contribution in [0.5, 0.6) is 0 Å². The summed E-state index contributed by atoms with van der Waals surface area (Å²) in [4.78, 5) is 4.47. The lowest BCUT2D eigenvalue weighted by molar-refractivity contribution is 0.441. The van der Waals surface area contributed by atoms with E-state index in [-0.39, 0.29) is 0 Å². The first-order valence-corrected chi connectivity index (χ1v) is 7.97. The largest absolute Gasteiger partial charge is 0.329 e. The number of imidazole rings is 1. The van der Waals surface area contributed by atoms with E-state index in [2.05, 4.69) is 64.3 Å². The first-order valence-electron chi connectivity index (χ1n) is 7.97. The molecule has 3 rings (SSSR count). The smallest absolute Gasteiger partial charge is 0.122 e. The Labute approximate surface area is 137 Å². The molecule has 120 valence electrons. The van der Waals surface area contributed by atoms with Crippen molar-refractivity contribution in [2.45, 2.75) is 39.5 Å². The highest BCUT2D eigenvalue weighted by Crippen LogP contribution is 2.06. The minimum atomic E-state index is 0.330. The summed E-state index contributed by atoms with van der Waals surface area (Å²) < 4.78 is 4.16. The molecule has 0 aliphatic carbocycles. The van der Waals surface area contributed by atoms with E-state index in [1.165, 1.54) is 11.1 Å². The van der Waals surface area contributed by atoms with Gasteiger partial charge in [-0.05, 0) is 25.0 Å². The summed E-state index contributed by atoms with van der Waals surface area (Å²) in [6.45, 7) is 6.68. The summed E-state index contributed by atoms with van der Waals surface area (Å²) in [6.07, 6.45) is 7.85. The van der Waals surface area contributed by atoms with Crippen molar-refractivity contribution in [1.82, 2.24) is 24.6 Å². The van der Waals surface area contributed by atoms with Crippen LogP contribution in [0.15, 0.2) is 55.1 Å². The number of nitrogens with one attached hydrogen (secondary N) is 1. The van der Waals surface area contributed by atoms with Crippen LogP contribution in [-0.2, 0) is 19.6 Å². The van der Waals surface area contributed by atoms with E-state index >= 15 is 0 Å². The van der Waals surface area contributed by atoms with Crippen molar-refractivity contribution in [2.24, 2.45) is 0 Å². The molecule has 0 spiro atoms. The molecule has 1 N–H and O–H groups in total. The number of nitrogens with zero attached hydrogens (tertiary/aromatic N) is 4. The van der Waals surface area contributed by atoms with Gasteiger partial charge >= 0.3 is 0 Å². The molecule has 1 aromatic carbocycles. The van der Waals surface area contributed by atoms with Crippen LogP contribution in [0, 0.1) is 6.92 Å². The maximum absolute atomic E-state index is 4.47. The van der Waals surface area contributed by atoms with Crippen LogP contribution in [-0.4, -0.2) is 25.4 Å². The number of hydrogen-bond acceptors (Lipinski definition) is 3. The fourth-order valence-corrected chi connectivity index (χ4v) is 2.61. The van der Waals surface area contributed by atoms with Gasteiger partial charge in [0.05, 0.1) is 19.3 Å². The minimum absolute atomic E-state index is 0.330. The van der Waals surface area contributed by atoms with Crippen LogP contribution in [0.2, 0.25) is 0 Å². The Morgan fingerprint density at radius 3 is 2.78 bits per heavy atom. The van der Waals surface area contributed by atoms with Gasteiger partial charge in [0, 0.05) is 31.2 Å². The number of aryl methyl sites for hydroxylation is 1. The van der Waals surface area contributed by atoms with Gasteiger partial charge in [0.25, 0.3) is 0 Å². The van der Waals surface area contributed by atoms with Crippen LogP contribution in [0.3, 0.4) is 0 Å². The summed E-state index contributed by atoms with van der Waals surface area (Å²) in [6, 6.07) is 10.8. The second-order valence-corrected chi connectivity index (χ2v) is 5.98. The third-order valence-corrected chi connectivity index (χ3v) is 3.83. The molecule has 1 atom stereocenters. The predicted octanol–water partition coefficient (Wildman–Crippen LogP) is 2.61. The van der Waals surface area contributed by atoms with Crippen LogP contribution < -0.4 is 5.32 Å². The molecule has 0 saturated carbocycles. The summed E-state index contributed by atoms with van der Waals surface area (Å²) in [5, 5.41) is 7.85. The van der Waals surface area contributed by atoms with Crippen molar-refractivity contribution >= 4 is 0 Å². The highest BCUT2D eigenvalue weighted by Gasteiger charge is 2.07. The summed E-state index contributed by atoms with van der Waals surface area (Å²) in [5.74, 6) is 1.05. The third kappa shape index (κ3) is 4.29. The Kier molecular flexibility index (Phi) is 4.88. The SMILES string of the molecule is Cc1cnn(C[C@@H](C)NCc2nccn2Cc2ccccc2)c1. The molecule has 5 nitrogen and oxygen atoms in total. The number of hydrogen-bond donors (Lipinski definition) is 1. The van der Waals surface area contributed by atoms with E-state index in [0.717, 1.165) is 25.5 Å². The Bertz CT molecular complexity index is 729. The Morgan fingerprint density at radius 2 is 2.04 bits per heavy atom. The molecule has 0 radical (unpaired) electrons. The quantitative estimate of drug-likeness (QED) is 0.730. The lowest BCUT2D eigenvalue weighted by Crippen LogP contribution is -2.31. The van der Waals surface area contributed by atoms with E-state index in [4.69, 9.17) is 0 Å². The zero-order valence-corrected chi connectivity index (χ0v) is 13.7. The van der Waals surface area contributed by atoms with E-state index < -0.39 is 0 Å². The van der Waals surface area contributed by atoms with Gasteiger partial charge in [0.15, 0.2) is 0 Å². The second kappa shape index (κ2) is 7.24. The molecule has 0 aliphatic heterocycles. The normalized spacial score (nSPS) is 12.4. The van der Waals surface area contributed by atoms with E-state index in [9.17, 15) is 0 Å². The van der Waals surface area contributed by atoms with Crippen molar-refractivity contribution in [1.29, 1.82) is 0 Å². The topological polar surface area (TPSA) is 47.7 Å². The zero-order valence-electron chi connectivity index (χ0n) is 13.7. The maximum Gasteiger partial charge on any atom is 0.122 e. The lowest BCUT2D eigenvalue weighted by atomic mass is 10.2. The van der Waals surface area contributed by atoms with Crippen molar-refractivity contribution in [3.8, 4) is 0 Å². The van der Waals surface area contributed by atoms with Crippen LogP contribution in [0.4, 0.5) is 0 Å². The van der Waals surface area contributed by atoms with Gasteiger partial charge in [0.1, 0.15) is 5.82 Å². The van der Waals surface area contributed by atoms with Crippen LogP contribution >= 0.6 is 0 Å². The van der Waals surface area contributed by atoms with Gasteiger partial charge in [0.2, 0.25) is 0 Å². The van der Waals surface area contributed by atoms with Gasteiger partial charge in [-0.15, -0.1) is 0 Å². The van der Waals surface area contributed by atoms with Crippen LogP contribution in [0.25, 0.3) is 0 Å². The van der Waals surface area contributed by atoms with E-state index in [1.54, 1.807) is 0 Å². The Hall–Kier alpha value is -2.40. The van der Waals surface area contributed by atoms with E-state index in [0.29, 0.717) is 6.04 Å². The molecular formula is C18H23N5. The molecule has 0 bridgehead atoms. The molecule has 0 unspecified atom stereocenters. The van der Waals surface area contributed by atoms with Gasteiger partial charge in [-0.3, -0.25) is 4.68 Å². The molecule has 5 heteroatoms. The van der Waals surface area contributed by atoms with Gasteiger partial charge in [-0.25, -0.2) is 4.98 Å². The fourth-order valence-electron chi connectivity index (χ4n) is 2.61. The highest BCUT2D eigenvalue weighted by atomic mass is 15.3. The molecule has 0 saturated heterocycles. The summed E-state index contributed by atoms with van der Waals surface area (Å²) in [7, 11) is 0. The van der Waals surface area contributed by atoms with Crippen molar-refractivity contribution < 1.29 is 0 Å². The average Bonchev–Trinajstić information content (AvgIpc) is 3.15. The van der Waals surface area contributed by atoms with Crippen molar-refractivity contribution in [3.63, 3.8) is 0 Å². The molecular weight excluding hydrogens is 286 g/mol. The Morgan fingerprint density at radius 1 is 1.22 bits per heavy atom. The monoisotopic (exact) mass is 309 g/mol. The lowest BCUT2D eigenvalue weighted by Gasteiger charge is -2.15. The van der Waals surface area contributed by atoms with E-state index in [1.807, 2.05) is 29.3 Å².